The first-order valence-corrected chi connectivity index (χ1v) is 7.53. The Balaban J connectivity index is 2.29. The van der Waals surface area contributed by atoms with Crippen LogP contribution in [0.15, 0.2) is 45.8 Å². The van der Waals surface area contributed by atoms with Crippen LogP contribution in [-0.2, 0) is 6.54 Å². The lowest BCUT2D eigenvalue weighted by Crippen LogP contribution is -2.24. The second-order valence-electron chi connectivity index (χ2n) is 4.51. The van der Waals surface area contributed by atoms with Crippen molar-refractivity contribution in [1.82, 2.24) is 9.78 Å². The van der Waals surface area contributed by atoms with Crippen molar-refractivity contribution >= 4 is 21.6 Å². The van der Waals surface area contributed by atoms with E-state index < -0.39 is 0 Å². The predicted octanol–water partition coefficient (Wildman–Crippen LogP) is 3.59. The predicted molar refractivity (Wildman–Crippen MR) is 85.0 cm³/mol. The fourth-order valence-electron chi connectivity index (χ4n) is 2.09. The zero-order valence-electron chi connectivity index (χ0n) is 11.6. The summed E-state index contributed by atoms with van der Waals surface area (Å²) in [6, 6.07) is 10.3. The van der Waals surface area contributed by atoms with Gasteiger partial charge in [0, 0.05) is 6.54 Å². The molecule has 0 saturated carbocycles. The molecular formula is C15H18BrN3O. The van der Waals surface area contributed by atoms with Crippen molar-refractivity contribution in [2.24, 2.45) is 0 Å². The van der Waals surface area contributed by atoms with Crippen LogP contribution in [-0.4, -0.2) is 9.78 Å². The van der Waals surface area contributed by atoms with Crippen LogP contribution in [0.1, 0.15) is 31.9 Å². The van der Waals surface area contributed by atoms with E-state index in [0.29, 0.717) is 11.0 Å². The Morgan fingerprint density at radius 1 is 1.30 bits per heavy atom. The van der Waals surface area contributed by atoms with Gasteiger partial charge in [-0.25, -0.2) is 4.68 Å². The lowest BCUT2D eigenvalue weighted by Gasteiger charge is -2.19. The van der Waals surface area contributed by atoms with E-state index >= 15 is 0 Å². The van der Waals surface area contributed by atoms with Gasteiger partial charge < -0.3 is 5.32 Å². The highest BCUT2D eigenvalue weighted by molar-refractivity contribution is 9.10. The van der Waals surface area contributed by atoms with Crippen LogP contribution in [0.3, 0.4) is 0 Å². The van der Waals surface area contributed by atoms with Gasteiger partial charge in [-0.3, -0.25) is 4.79 Å². The van der Waals surface area contributed by atoms with Gasteiger partial charge in [-0.1, -0.05) is 37.3 Å². The molecule has 1 unspecified atom stereocenters. The molecule has 0 radical (unpaired) electrons. The highest BCUT2D eigenvalue weighted by Crippen LogP contribution is 2.25. The zero-order valence-corrected chi connectivity index (χ0v) is 13.2. The summed E-state index contributed by atoms with van der Waals surface area (Å²) in [7, 11) is 0. The first kappa shape index (κ1) is 14.8. The molecule has 1 aromatic carbocycles. The maximum atomic E-state index is 12.0. The fourth-order valence-corrected chi connectivity index (χ4v) is 2.51. The van der Waals surface area contributed by atoms with Crippen LogP contribution in [0.4, 0.5) is 5.69 Å². The SMILES string of the molecule is CCC(Nc1cnn(CC)c(=O)c1Br)c1ccccc1. The lowest BCUT2D eigenvalue weighted by molar-refractivity contribution is 0.611. The lowest BCUT2D eigenvalue weighted by atomic mass is 10.0. The number of aromatic nitrogens is 2. The largest absolute Gasteiger partial charge is 0.376 e. The third-order valence-corrected chi connectivity index (χ3v) is 3.99. The number of nitrogens with one attached hydrogen (secondary N) is 1. The van der Waals surface area contributed by atoms with Gasteiger partial charge in [-0.05, 0) is 34.8 Å². The highest BCUT2D eigenvalue weighted by Gasteiger charge is 2.13. The molecule has 0 aliphatic heterocycles. The van der Waals surface area contributed by atoms with Crippen LogP contribution in [0, 0.1) is 0 Å². The van der Waals surface area contributed by atoms with E-state index in [1.165, 1.54) is 10.2 Å². The standard InChI is InChI=1S/C15H18BrN3O/c1-3-12(11-8-6-5-7-9-11)18-13-10-17-19(4-2)15(20)14(13)16/h5-10,12,18H,3-4H2,1-2H3. The number of benzene rings is 1. The Morgan fingerprint density at radius 2 is 2.00 bits per heavy atom. The van der Waals surface area contributed by atoms with Crippen molar-refractivity contribution in [1.29, 1.82) is 0 Å². The van der Waals surface area contributed by atoms with Crippen LogP contribution >= 0.6 is 15.9 Å². The van der Waals surface area contributed by atoms with Crippen LogP contribution < -0.4 is 10.9 Å². The summed E-state index contributed by atoms with van der Waals surface area (Å²) < 4.78 is 1.96. The minimum atomic E-state index is -0.111. The van der Waals surface area contributed by atoms with E-state index in [1.54, 1.807) is 6.20 Å². The van der Waals surface area contributed by atoms with Gasteiger partial charge >= 0.3 is 0 Å². The van der Waals surface area contributed by atoms with Gasteiger partial charge in [0.1, 0.15) is 4.47 Å². The topological polar surface area (TPSA) is 46.9 Å². The zero-order chi connectivity index (χ0) is 14.5. The molecule has 0 aliphatic rings. The molecule has 2 aromatic rings. The quantitative estimate of drug-likeness (QED) is 0.908. The number of nitrogens with zero attached hydrogens (tertiary/aromatic N) is 2. The molecule has 0 amide bonds. The number of anilines is 1. The van der Waals surface area contributed by atoms with E-state index in [0.717, 1.165) is 12.1 Å². The summed E-state index contributed by atoms with van der Waals surface area (Å²) in [5, 5.41) is 7.53. The van der Waals surface area contributed by atoms with Crippen molar-refractivity contribution in [2.45, 2.75) is 32.9 Å². The maximum absolute atomic E-state index is 12.0. The average molecular weight is 336 g/mol. The number of aryl methyl sites for hydroxylation is 1. The molecule has 4 nitrogen and oxygen atoms in total. The highest BCUT2D eigenvalue weighted by atomic mass is 79.9. The van der Waals surface area contributed by atoms with Gasteiger partial charge in [-0.2, -0.15) is 5.10 Å². The molecule has 1 heterocycles. The van der Waals surface area contributed by atoms with E-state index in [-0.39, 0.29) is 11.6 Å². The average Bonchev–Trinajstić information content (AvgIpc) is 2.50. The Morgan fingerprint density at radius 3 is 2.60 bits per heavy atom. The van der Waals surface area contributed by atoms with E-state index in [4.69, 9.17) is 0 Å². The van der Waals surface area contributed by atoms with Crippen molar-refractivity contribution in [3.05, 3.63) is 56.9 Å². The number of hydrogen-bond donors (Lipinski definition) is 1. The number of rotatable bonds is 5. The third-order valence-electron chi connectivity index (χ3n) is 3.22. The van der Waals surface area contributed by atoms with E-state index in [1.807, 2.05) is 25.1 Å². The molecule has 0 fully saturated rings. The molecule has 1 aromatic heterocycles. The second-order valence-corrected chi connectivity index (χ2v) is 5.30. The summed E-state index contributed by atoms with van der Waals surface area (Å²) in [6.07, 6.45) is 2.62. The summed E-state index contributed by atoms with van der Waals surface area (Å²) in [4.78, 5) is 12.0. The molecule has 0 bridgehead atoms. The summed E-state index contributed by atoms with van der Waals surface area (Å²) in [6.45, 7) is 4.57. The molecular weight excluding hydrogens is 318 g/mol. The summed E-state index contributed by atoms with van der Waals surface area (Å²) in [5.41, 5.74) is 1.82. The monoisotopic (exact) mass is 335 g/mol. The molecule has 106 valence electrons. The molecule has 0 aliphatic carbocycles. The van der Waals surface area contributed by atoms with Crippen molar-refractivity contribution in [2.75, 3.05) is 5.32 Å². The van der Waals surface area contributed by atoms with Crippen LogP contribution in [0.25, 0.3) is 0 Å². The molecule has 0 spiro atoms. The Bertz CT molecular complexity index is 625. The van der Waals surface area contributed by atoms with Crippen LogP contribution in [0.2, 0.25) is 0 Å². The normalized spacial score (nSPS) is 12.2. The Labute approximate surface area is 127 Å². The molecule has 1 atom stereocenters. The third kappa shape index (κ3) is 3.10. The van der Waals surface area contributed by atoms with Gasteiger partial charge in [-0.15, -0.1) is 0 Å². The fraction of sp³-hybridized carbons (Fsp3) is 0.333. The van der Waals surface area contributed by atoms with Gasteiger partial charge in [0.05, 0.1) is 17.9 Å². The minimum absolute atomic E-state index is 0.111. The smallest absolute Gasteiger partial charge is 0.283 e. The van der Waals surface area contributed by atoms with Crippen molar-refractivity contribution in [3.8, 4) is 0 Å². The van der Waals surface area contributed by atoms with E-state index in [9.17, 15) is 4.79 Å². The molecule has 0 saturated heterocycles. The second kappa shape index (κ2) is 6.70. The van der Waals surface area contributed by atoms with Crippen LogP contribution in [0.5, 0.6) is 0 Å². The Hall–Kier alpha value is -1.62. The first-order valence-electron chi connectivity index (χ1n) is 6.74. The molecule has 2 rings (SSSR count). The van der Waals surface area contributed by atoms with Crippen molar-refractivity contribution < 1.29 is 0 Å². The van der Waals surface area contributed by atoms with E-state index in [2.05, 4.69) is 45.4 Å². The summed E-state index contributed by atoms with van der Waals surface area (Å²) >= 11 is 3.37. The van der Waals surface area contributed by atoms with Gasteiger partial charge in [0.2, 0.25) is 0 Å². The first-order chi connectivity index (χ1) is 9.67. The van der Waals surface area contributed by atoms with Crippen molar-refractivity contribution in [3.63, 3.8) is 0 Å². The van der Waals surface area contributed by atoms with Gasteiger partial charge in [0.15, 0.2) is 0 Å². The van der Waals surface area contributed by atoms with Gasteiger partial charge in [0.25, 0.3) is 5.56 Å². The maximum Gasteiger partial charge on any atom is 0.283 e. The minimum Gasteiger partial charge on any atom is -0.376 e. The Kier molecular flexibility index (Phi) is 4.95. The molecule has 1 N–H and O–H groups in total. The molecule has 5 heteroatoms. The summed E-state index contributed by atoms with van der Waals surface area (Å²) in [5.74, 6) is 0. The number of hydrogen-bond acceptors (Lipinski definition) is 3. The number of halogens is 1. The molecule has 20 heavy (non-hydrogen) atoms.